The second-order valence-corrected chi connectivity index (χ2v) is 4.23. The smallest absolute Gasteiger partial charge is 0.294 e. The molecule has 0 aliphatic heterocycles. The number of carbonyl (C=O) groups excluding carboxylic acids is 1. The van der Waals surface area contributed by atoms with Crippen LogP contribution in [0.25, 0.3) is 11.1 Å². The molecule has 0 atom stereocenters. The first-order valence-corrected chi connectivity index (χ1v) is 6.07. The van der Waals surface area contributed by atoms with Gasteiger partial charge in [-0.1, -0.05) is 30.3 Å². The van der Waals surface area contributed by atoms with E-state index in [1.54, 1.807) is 13.0 Å². The Morgan fingerprint density at radius 3 is 2.75 bits per heavy atom. The van der Waals surface area contributed by atoms with Crippen LogP contribution >= 0.6 is 0 Å². The molecule has 6 heteroatoms. The summed E-state index contributed by atoms with van der Waals surface area (Å²) in [5.41, 5.74) is 1.65. The largest absolute Gasteiger partial charge is 0.459 e. The standard InChI is InChI=1S/C14H12N4O2/c1-9-15-14(18-17-9)16-13(19)12-11(7-8-20-12)10-5-3-2-4-6-10/h2-8H,1H3,(H2,15,16,17,18,19). The number of H-pyrrole nitrogens is 1. The van der Waals surface area contributed by atoms with Gasteiger partial charge in [0.2, 0.25) is 5.95 Å². The minimum atomic E-state index is -0.382. The van der Waals surface area contributed by atoms with Gasteiger partial charge in [0.25, 0.3) is 5.91 Å². The fraction of sp³-hybridized carbons (Fsp3) is 0.0714. The monoisotopic (exact) mass is 268 g/mol. The van der Waals surface area contributed by atoms with Crippen molar-refractivity contribution in [3.8, 4) is 11.1 Å². The summed E-state index contributed by atoms with van der Waals surface area (Å²) < 4.78 is 5.28. The Morgan fingerprint density at radius 1 is 1.25 bits per heavy atom. The Balaban J connectivity index is 1.88. The van der Waals surface area contributed by atoms with Crippen LogP contribution in [0.1, 0.15) is 16.4 Å². The molecule has 0 fully saturated rings. The maximum absolute atomic E-state index is 12.2. The topological polar surface area (TPSA) is 83.8 Å². The van der Waals surface area contributed by atoms with E-state index < -0.39 is 0 Å². The molecule has 0 bridgehead atoms. The van der Waals surface area contributed by atoms with Crippen molar-refractivity contribution in [3.05, 3.63) is 54.2 Å². The molecule has 0 aliphatic rings. The number of anilines is 1. The molecule has 1 aromatic carbocycles. The molecule has 2 aromatic heterocycles. The van der Waals surface area contributed by atoms with Crippen LogP contribution in [0.5, 0.6) is 0 Å². The SMILES string of the molecule is Cc1nc(NC(=O)c2occc2-c2ccccc2)n[nH]1. The van der Waals surface area contributed by atoms with Gasteiger partial charge in [-0.25, -0.2) is 0 Å². The number of hydrogen-bond donors (Lipinski definition) is 2. The average Bonchev–Trinajstić information content (AvgIpc) is 3.09. The number of aromatic amines is 1. The number of rotatable bonds is 3. The minimum Gasteiger partial charge on any atom is -0.459 e. The molecule has 20 heavy (non-hydrogen) atoms. The first kappa shape index (κ1) is 12.2. The van der Waals surface area contributed by atoms with E-state index in [2.05, 4.69) is 20.5 Å². The van der Waals surface area contributed by atoms with Crippen LogP contribution in [-0.2, 0) is 0 Å². The highest BCUT2D eigenvalue weighted by Gasteiger charge is 2.18. The fourth-order valence-corrected chi connectivity index (χ4v) is 1.89. The van der Waals surface area contributed by atoms with Crippen LogP contribution in [0, 0.1) is 6.92 Å². The van der Waals surface area contributed by atoms with Crippen molar-refractivity contribution in [1.82, 2.24) is 15.2 Å². The van der Waals surface area contributed by atoms with Gasteiger partial charge in [0.1, 0.15) is 5.82 Å². The molecule has 0 aliphatic carbocycles. The van der Waals surface area contributed by atoms with Crippen LogP contribution in [0.2, 0.25) is 0 Å². The van der Waals surface area contributed by atoms with Gasteiger partial charge in [-0.15, -0.1) is 5.10 Å². The van der Waals surface area contributed by atoms with E-state index in [-0.39, 0.29) is 17.6 Å². The lowest BCUT2D eigenvalue weighted by Gasteiger charge is -2.02. The van der Waals surface area contributed by atoms with Crippen molar-refractivity contribution in [2.24, 2.45) is 0 Å². The third-order valence-electron chi connectivity index (χ3n) is 2.78. The van der Waals surface area contributed by atoms with E-state index in [1.165, 1.54) is 6.26 Å². The van der Waals surface area contributed by atoms with Gasteiger partial charge in [-0.3, -0.25) is 15.2 Å². The Labute approximate surface area is 114 Å². The highest BCUT2D eigenvalue weighted by atomic mass is 16.3. The summed E-state index contributed by atoms with van der Waals surface area (Å²) in [7, 11) is 0. The molecule has 0 unspecified atom stereocenters. The maximum Gasteiger partial charge on any atom is 0.294 e. The fourth-order valence-electron chi connectivity index (χ4n) is 1.89. The second kappa shape index (κ2) is 5.00. The zero-order chi connectivity index (χ0) is 13.9. The number of aromatic nitrogens is 3. The summed E-state index contributed by atoms with van der Waals surface area (Å²) in [5, 5.41) is 9.11. The molecule has 0 saturated heterocycles. The van der Waals surface area contributed by atoms with E-state index in [4.69, 9.17) is 4.42 Å². The maximum atomic E-state index is 12.2. The van der Waals surface area contributed by atoms with Gasteiger partial charge in [-0.2, -0.15) is 4.98 Å². The van der Waals surface area contributed by atoms with Gasteiger partial charge >= 0.3 is 0 Å². The van der Waals surface area contributed by atoms with Crippen molar-refractivity contribution >= 4 is 11.9 Å². The second-order valence-electron chi connectivity index (χ2n) is 4.23. The van der Waals surface area contributed by atoms with E-state index in [0.717, 1.165) is 11.1 Å². The number of amides is 1. The summed E-state index contributed by atoms with van der Waals surface area (Å²) in [6.07, 6.45) is 1.49. The highest BCUT2D eigenvalue weighted by molar-refractivity contribution is 6.05. The number of carbonyl (C=O) groups is 1. The lowest BCUT2D eigenvalue weighted by Crippen LogP contribution is -2.13. The predicted octanol–water partition coefficient (Wildman–Crippen LogP) is 2.63. The third-order valence-corrected chi connectivity index (χ3v) is 2.78. The first-order chi connectivity index (χ1) is 9.74. The molecule has 0 radical (unpaired) electrons. The van der Waals surface area contributed by atoms with Crippen molar-refractivity contribution in [1.29, 1.82) is 0 Å². The molecular weight excluding hydrogens is 256 g/mol. The zero-order valence-corrected chi connectivity index (χ0v) is 10.8. The van der Waals surface area contributed by atoms with Crippen LogP contribution in [0.4, 0.5) is 5.95 Å². The summed E-state index contributed by atoms with van der Waals surface area (Å²) >= 11 is 0. The number of benzene rings is 1. The van der Waals surface area contributed by atoms with E-state index >= 15 is 0 Å². The molecule has 0 saturated carbocycles. The molecular formula is C14H12N4O2. The van der Waals surface area contributed by atoms with Gasteiger partial charge in [0.05, 0.1) is 6.26 Å². The molecule has 2 heterocycles. The van der Waals surface area contributed by atoms with Crippen LogP contribution < -0.4 is 5.32 Å². The average molecular weight is 268 g/mol. The number of nitrogens with zero attached hydrogens (tertiary/aromatic N) is 2. The molecule has 3 aromatic rings. The van der Waals surface area contributed by atoms with Crippen LogP contribution in [-0.4, -0.2) is 21.1 Å². The number of hydrogen-bond acceptors (Lipinski definition) is 4. The highest BCUT2D eigenvalue weighted by Crippen LogP contribution is 2.25. The predicted molar refractivity (Wildman–Crippen MR) is 73.2 cm³/mol. The molecule has 2 N–H and O–H groups in total. The molecule has 6 nitrogen and oxygen atoms in total. The van der Waals surface area contributed by atoms with E-state index in [1.807, 2.05) is 30.3 Å². The normalized spacial score (nSPS) is 10.4. The first-order valence-electron chi connectivity index (χ1n) is 6.07. The van der Waals surface area contributed by atoms with Gasteiger partial charge < -0.3 is 4.42 Å². The Hall–Kier alpha value is -2.89. The quantitative estimate of drug-likeness (QED) is 0.764. The van der Waals surface area contributed by atoms with Gasteiger partial charge in [0.15, 0.2) is 5.76 Å². The van der Waals surface area contributed by atoms with Gasteiger partial charge in [0, 0.05) is 5.56 Å². The number of nitrogens with one attached hydrogen (secondary N) is 2. The van der Waals surface area contributed by atoms with Crippen molar-refractivity contribution in [2.75, 3.05) is 5.32 Å². The van der Waals surface area contributed by atoms with Crippen LogP contribution in [0.15, 0.2) is 47.1 Å². The van der Waals surface area contributed by atoms with Gasteiger partial charge in [-0.05, 0) is 18.6 Å². The molecule has 100 valence electrons. The number of furan rings is 1. The molecule has 1 amide bonds. The summed E-state index contributed by atoms with van der Waals surface area (Å²) in [6, 6.07) is 11.3. The Morgan fingerprint density at radius 2 is 2.05 bits per heavy atom. The van der Waals surface area contributed by atoms with Crippen LogP contribution in [0.3, 0.4) is 0 Å². The lowest BCUT2D eigenvalue weighted by atomic mass is 10.1. The van der Waals surface area contributed by atoms with E-state index in [0.29, 0.717) is 5.82 Å². The Kier molecular flexibility index (Phi) is 3.04. The summed E-state index contributed by atoms with van der Waals surface area (Å²) in [6.45, 7) is 1.75. The zero-order valence-electron chi connectivity index (χ0n) is 10.8. The lowest BCUT2D eigenvalue weighted by molar-refractivity contribution is 0.0996. The van der Waals surface area contributed by atoms with Crippen molar-refractivity contribution < 1.29 is 9.21 Å². The summed E-state index contributed by atoms with van der Waals surface area (Å²) in [4.78, 5) is 16.2. The molecule has 3 rings (SSSR count). The molecule has 0 spiro atoms. The van der Waals surface area contributed by atoms with E-state index in [9.17, 15) is 4.79 Å². The van der Waals surface area contributed by atoms with Crippen molar-refractivity contribution in [2.45, 2.75) is 6.92 Å². The Bertz CT molecular complexity index is 730. The van der Waals surface area contributed by atoms with Crippen molar-refractivity contribution in [3.63, 3.8) is 0 Å². The number of aryl methyl sites for hydroxylation is 1. The third kappa shape index (κ3) is 2.31. The summed E-state index contributed by atoms with van der Waals surface area (Å²) in [5.74, 6) is 0.706. The minimum absolute atomic E-state index is 0.225.